The number of fused-ring (bicyclic) bond motifs is 1. The number of nitrogens with one attached hydrogen (secondary N) is 1. The zero-order valence-corrected chi connectivity index (χ0v) is 14.2. The van der Waals surface area contributed by atoms with E-state index in [0.29, 0.717) is 23.6 Å². The molecule has 0 radical (unpaired) electrons. The largest absolute Gasteiger partial charge is 0.396 e. The molecule has 0 saturated heterocycles. The number of halogens is 1. The van der Waals surface area contributed by atoms with Crippen molar-refractivity contribution in [3.8, 4) is 11.4 Å². The van der Waals surface area contributed by atoms with Gasteiger partial charge in [-0.05, 0) is 36.4 Å². The Hall–Kier alpha value is -2.73. The molecule has 2 N–H and O–H groups in total. The van der Waals surface area contributed by atoms with E-state index in [0.717, 1.165) is 5.56 Å². The summed E-state index contributed by atoms with van der Waals surface area (Å²) in [5.41, 5.74) is 1.28. The van der Waals surface area contributed by atoms with Crippen LogP contribution in [0.2, 0.25) is 0 Å². The first-order chi connectivity index (χ1) is 11.9. The van der Waals surface area contributed by atoms with E-state index < -0.39 is 5.41 Å². The predicted octanol–water partition coefficient (Wildman–Crippen LogP) is 2.89. The lowest BCUT2D eigenvalue weighted by Gasteiger charge is -2.21. The highest BCUT2D eigenvalue weighted by Crippen LogP contribution is 2.23. The lowest BCUT2D eigenvalue weighted by Crippen LogP contribution is -2.36. The fourth-order valence-electron chi connectivity index (χ4n) is 2.47. The van der Waals surface area contributed by atoms with Crippen molar-refractivity contribution in [2.75, 3.05) is 13.2 Å². The Kier molecular flexibility index (Phi) is 4.55. The Balaban J connectivity index is 1.99. The van der Waals surface area contributed by atoms with Crippen LogP contribution in [0, 0.1) is 11.2 Å². The minimum absolute atomic E-state index is 0.0297. The van der Waals surface area contributed by atoms with Crippen LogP contribution >= 0.6 is 0 Å². The average molecular weight is 341 g/mol. The van der Waals surface area contributed by atoms with Crippen LogP contribution in [0.15, 0.2) is 48.7 Å². The molecular formula is C19H20FN3O2. The molecule has 0 bridgehead atoms. The summed E-state index contributed by atoms with van der Waals surface area (Å²) < 4.78 is 15.0. The smallest absolute Gasteiger partial charge is 0.272 e. The summed E-state index contributed by atoms with van der Waals surface area (Å²) in [5.74, 6) is -0.0606. The van der Waals surface area contributed by atoms with Crippen LogP contribution in [0.5, 0.6) is 0 Å². The van der Waals surface area contributed by atoms with Crippen LogP contribution in [0.1, 0.15) is 24.3 Å². The Morgan fingerprint density at radius 2 is 1.96 bits per heavy atom. The molecule has 0 spiro atoms. The molecule has 0 aliphatic rings. The molecule has 0 unspecified atom stereocenters. The fourth-order valence-corrected chi connectivity index (χ4v) is 2.47. The minimum atomic E-state index is -0.412. The van der Waals surface area contributed by atoms with Gasteiger partial charge in [-0.3, -0.25) is 9.20 Å². The van der Waals surface area contributed by atoms with Gasteiger partial charge in [0.05, 0.1) is 5.52 Å². The van der Waals surface area contributed by atoms with Crippen LogP contribution in [0.4, 0.5) is 4.39 Å². The average Bonchev–Trinajstić information content (AvgIpc) is 3.00. The molecule has 0 fully saturated rings. The van der Waals surface area contributed by atoms with Crippen molar-refractivity contribution in [1.82, 2.24) is 14.7 Å². The number of imidazole rings is 1. The van der Waals surface area contributed by atoms with Crippen molar-refractivity contribution in [2.45, 2.75) is 13.8 Å². The number of aliphatic hydroxyl groups is 1. The van der Waals surface area contributed by atoms with Gasteiger partial charge in [0.15, 0.2) is 5.69 Å². The van der Waals surface area contributed by atoms with Gasteiger partial charge in [0.2, 0.25) is 0 Å². The van der Waals surface area contributed by atoms with Crippen molar-refractivity contribution in [2.24, 2.45) is 5.41 Å². The maximum Gasteiger partial charge on any atom is 0.272 e. The number of aromatic nitrogens is 2. The predicted molar refractivity (Wildman–Crippen MR) is 93.8 cm³/mol. The highest BCUT2D eigenvalue weighted by Gasteiger charge is 2.22. The van der Waals surface area contributed by atoms with Crippen molar-refractivity contribution in [3.63, 3.8) is 0 Å². The third-order valence-corrected chi connectivity index (χ3v) is 4.02. The van der Waals surface area contributed by atoms with Crippen molar-refractivity contribution in [3.05, 3.63) is 60.2 Å². The number of benzene rings is 1. The zero-order valence-electron chi connectivity index (χ0n) is 14.2. The second-order valence-electron chi connectivity index (χ2n) is 6.75. The van der Waals surface area contributed by atoms with Crippen molar-refractivity contribution >= 4 is 11.4 Å². The van der Waals surface area contributed by atoms with Crippen LogP contribution in [0.25, 0.3) is 16.9 Å². The second kappa shape index (κ2) is 6.64. The summed E-state index contributed by atoms with van der Waals surface area (Å²) in [6, 6.07) is 11.5. The number of hydrogen-bond acceptors (Lipinski definition) is 3. The van der Waals surface area contributed by atoms with Gasteiger partial charge in [0, 0.05) is 30.3 Å². The first-order valence-electron chi connectivity index (χ1n) is 8.03. The topological polar surface area (TPSA) is 66.6 Å². The molecule has 2 aromatic heterocycles. The molecule has 130 valence electrons. The normalized spacial score (nSPS) is 11.7. The zero-order chi connectivity index (χ0) is 18.0. The van der Waals surface area contributed by atoms with Gasteiger partial charge < -0.3 is 10.4 Å². The maximum atomic E-state index is 13.2. The van der Waals surface area contributed by atoms with E-state index in [-0.39, 0.29) is 18.3 Å². The molecule has 0 saturated carbocycles. The quantitative estimate of drug-likeness (QED) is 0.750. The van der Waals surface area contributed by atoms with E-state index in [4.69, 9.17) is 0 Å². The van der Waals surface area contributed by atoms with Gasteiger partial charge in [-0.25, -0.2) is 9.37 Å². The van der Waals surface area contributed by atoms with Crippen molar-refractivity contribution in [1.29, 1.82) is 0 Å². The SMILES string of the molecule is CC(C)(CO)CNC(=O)c1nc(-c2ccc(F)cc2)n2ccccc12. The standard InChI is InChI=1S/C19H20FN3O2/c1-19(2,12-24)11-21-18(25)16-15-5-3-4-10-23(15)17(22-16)13-6-8-14(20)9-7-13/h3-10,24H,11-12H2,1-2H3,(H,21,25). The highest BCUT2D eigenvalue weighted by atomic mass is 19.1. The van der Waals surface area contributed by atoms with Crippen molar-refractivity contribution < 1.29 is 14.3 Å². The molecule has 25 heavy (non-hydrogen) atoms. The number of carbonyl (C=O) groups excluding carboxylic acids is 1. The Bertz CT molecular complexity index is 901. The van der Waals surface area contributed by atoms with E-state index in [2.05, 4.69) is 10.3 Å². The lowest BCUT2D eigenvalue weighted by atomic mass is 9.95. The highest BCUT2D eigenvalue weighted by molar-refractivity contribution is 6.00. The Morgan fingerprint density at radius 3 is 2.64 bits per heavy atom. The number of rotatable bonds is 5. The van der Waals surface area contributed by atoms with E-state index in [9.17, 15) is 14.3 Å². The van der Waals surface area contributed by atoms with E-state index in [1.54, 1.807) is 16.5 Å². The Morgan fingerprint density at radius 1 is 1.24 bits per heavy atom. The van der Waals surface area contributed by atoms with Crippen LogP contribution in [0.3, 0.4) is 0 Å². The molecule has 3 rings (SSSR count). The molecule has 6 heteroatoms. The monoisotopic (exact) mass is 341 g/mol. The number of amides is 1. The number of carbonyl (C=O) groups is 1. The molecule has 0 atom stereocenters. The molecular weight excluding hydrogens is 321 g/mol. The van der Waals surface area contributed by atoms with Crippen LogP contribution < -0.4 is 5.32 Å². The molecule has 1 amide bonds. The van der Waals surface area contributed by atoms with Gasteiger partial charge in [0.1, 0.15) is 11.6 Å². The van der Waals surface area contributed by atoms with Crippen LogP contribution in [-0.4, -0.2) is 33.6 Å². The maximum absolute atomic E-state index is 13.2. The number of nitrogens with zero attached hydrogens (tertiary/aromatic N) is 2. The number of hydrogen-bond donors (Lipinski definition) is 2. The summed E-state index contributed by atoms with van der Waals surface area (Å²) >= 11 is 0. The summed E-state index contributed by atoms with van der Waals surface area (Å²) in [6.45, 7) is 4.03. The van der Waals surface area contributed by atoms with Crippen LogP contribution in [-0.2, 0) is 0 Å². The molecule has 2 heterocycles. The van der Waals surface area contributed by atoms with E-state index in [1.165, 1.54) is 12.1 Å². The molecule has 0 aliphatic heterocycles. The summed E-state index contributed by atoms with van der Waals surface area (Å²) in [6.07, 6.45) is 1.81. The Labute approximate surface area is 145 Å². The lowest BCUT2D eigenvalue weighted by molar-refractivity contribution is 0.0908. The molecule has 0 aliphatic carbocycles. The summed E-state index contributed by atoms with van der Waals surface area (Å²) in [7, 11) is 0. The van der Waals surface area contributed by atoms with Gasteiger partial charge in [-0.1, -0.05) is 19.9 Å². The number of aliphatic hydroxyl groups excluding tert-OH is 1. The summed E-state index contributed by atoms with van der Waals surface area (Å²) in [5, 5.41) is 12.1. The fraction of sp³-hybridized carbons (Fsp3) is 0.263. The minimum Gasteiger partial charge on any atom is -0.396 e. The first-order valence-corrected chi connectivity index (χ1v) is 8.03. The number of pyridine rings is 1. The van der Waals surface area contributed by atoms with E-state index >= 15 is 0 Å². The van der Waals surface area contributed by atoms with E-state index in [1.807, 2.05) is 38.2 Å². The van der Waals surface area contributed by atoms with Gasteiger partial charge in [0.25, 0.3) is 5.91 Å². The molecule has 1 aromatic carbocycles. The third kappa shape index (κ3) is 3.53. The second-order valence-corrected chi connectivity index (χ2v) is 6.75. The van der Waals surface area contributed by atoms with Gasteiger partial charge in [-0.15, -0.1) is 0 Å². The molecule has 3 aromatic rings. The third-order valence-electron chi connectivity index (χ3n) is 4.02. The first kappa shape index (κ1) is 17.1. The van der Waals surface area contributed by atoms with Gasteiger partial charge >= 0.3 is 0 Å². The molecule has 5 nitrogen and oxygen atoms in total. The summed E-state index contributed by atoms with van der Waals surface area (Å²) in [4.78, 5) is 17.1. The van der Waals surface area contributed by atoms with Gasteiger partial charge in [-0.2, -0.15) is 0 Å².